The van der Waals surface area contributed by atoms with E-state index >= 15 is 0 Å². The second kappa shape index (κ2) is 16.1. The van der Waals surface area contributed by atoms with Gasteiger partial charge in [0.05, 0.1) is 23.8 Å². The van der Waals surface area contributed by atoms with E-state index < -0.39 is 17.3 Å². The zero-order chi connectivity index (χ0) is 31.4. The number of aliphatic hydroxyl groups is 1. The molecule has 0 aliphatic heterocycles. The zero-order valence-electron chi connectivity index (χ0n) is 26.1. The molecule has 0 fully saturated rings. The summed E-state index contributed by atoms with van der Waals surface area (Å²) < 4.78 is 19.7. The minimum atomic E-state index is -0.763. The second-order valence-corrected chi connectivity index (χ2v) is 11.7. The lowest BCUT2D eigenvalue weighted by atomic mass is 9.94. The number of carbonyl (C=O) groups is 1. The van der Waals surface area contributed by atoms with E-state index in [1.807, 2.05) is 32.9 Å². The standard InChI is InChI=1S/C17H15FN4O2S.C16H28O/c1-9-7-11(15-13(18)5-4-6-14(15)24-3)12(8-19-9)16(23)20-17-22-21-10(2)25-17;1-7-13(4)12-14(8-2)10-11-15(9-3)16(5,6)17/h4-8H,1-3H3,(H,20,22,23);8-11,13,17H,7,12H2,1-6H3/b;11-10-,14-8+,15-9+. The van der Waals surface area contributed by atoms with Gasteiger partial charge in [-0.2, -0.15) is 0 Å². The van der Waals surface area contributed by atoms with Crippen molar-refractivity contribution < 1.29 is 19.0 Å². The van der Waals surface area contributed by atoms with Gasteiger partial charge in [-0.15, -0.1) is 10.2 Å². The van der Waals surface area contributed by atoms with Crippen molar-refractivity contribution in [3.8, 4) is 16.9 Å². The summed E-state index contributed by atoms with van der Waals surface area (Å²) in [6.45, 7) is 15.7. The zero-order valence-corrected chi connectivity index (χ0v) is 26.9. The van der Waals surface area contributed by atoms with Gasteiger partial charge in [-0.05, 0) is 77.7 Å². The first kappa shape index (κ1) is 34.5. The number of aromatic nitrogens is 3. The maximum Gasteiger partial charge on any atom is 0.259 e. The van der Waals surface area contributed by atoms with Crippen LogP contribution in [0.25, 0.3) is 11.1 Å². The Morgan fingerprint density at radius 1 is 1.19 bits per heavy atom. The summed E-state index contributed by atoms with van der Waals surface area (Å²) >= 11 is 1.25. The van der Waals surface area contributed by atoms with E-state index in [-0.39, 0.29) is 11.1 Å². The Kier molecular flexibility index (Phi) is 13.2. The number of allylic oxidation sites excluding steroid dienone is 4. The van der Waals surface area contributed by atoms with E-state index in [1.54, 1.807) is 32.0 Å². The molecule has 1 unspecified atom stereocenters. The lowest BCUT2D eigenvalue weighted by Crippen LogP contribution is -2.20. The van der Waals surface area contributed by atoms with Crippen molar-refractivity contribution in [2.75, 3.05) is 12.4 Å². The number of aryl methyl sites for hydroxylation is 2. The number of hydrogen-bond donors (Lipinski definition) is 2. The van der Waals surface area contributed by atoms with Crippen LogP contribution in [0.15, 0.2) is 65.9 Å². The van der Waals surface area contributed by atoms with Crippen LogP contribution in [0.4, 0.5) is 9.52 Å². The van der Waals surface area contributed by atoms with Crippen molar-refractivity contribution in [3.05, 3.63) is 88.0 Å². The van der Waals surface area contributed by atoms with Crippen molar-refractivity contribution in [1.82, 2.24) is 15.2 Å². The highest BCUT2D eigenvalue weighted by atomic mass is 32.1. The van der Waals surface area contributed by atoms with Crippen LogP contribution >= 0.6 is 11.3 Å². The SMILES string of the molecule is COc1cccc(F)c1-c1cc(C)ncc1C(=O)Nc1nnc(C)s1.C\C=C(/C=C\C(=C/C)C(C)(C)O)CC(C)CC. The molecular weight excluding hydrogens is 551 g/mol. The van der Waals surface area contributed by atoms with Crippen molar-refractivity contribution >= 4 is 22.4 Å². The quantitative estimate of drug-likeness (QED) is 0.229. The Balaban J connectivity index is 0.000000319. The smallest absolute Gasteiger partial charge is 0.259 e. The maximum atomic E-state index is 14.5. The van der Waals surface area contributed by atoms with E-state index in [0.29, 0.717) is 28.1 Å². The number of rotatable bonds is 10. The van der Waals surface area contributed by atoms with Crippen LogP contribution in [-0.4, -0.2) is 38.9 Å². The fraction of sp³-hybridized carbons (Fsp3) is 0.394. The van der Waals surface area contributed by atoms with Gasteiger partial charge in [-0.25, -0.2) is 4.39 Å². The van der Waals surface area contributed by atoms with E-state index in [9.17, 15) is 14.3 Å². The second-order valence-electron chi connectivity index (χ2n) is 10.5. The first-order valence-electron chi connectivity index (χ1n) is 14.0. The summed E-state index contributed by atoms with van der Waals surface area (Å²) in [4.78, 5) is 16.8. The molecule has 3 aromatic rings. The van der Waals surface area contributed by atoms with Gasteiger partial charge in [-0.1, -0.05) is 67.5 Å². The summed E-state index contributed by atoms with van der Waals surface area (Å²) in [5, 5.41) is 21.4. The topological polar surface area (TPSA) is 97.2 Å². The highest BCUT2D eigenvalue weighted by molar-refractivity contribution is 7.15. The summed E-state index contributed by atoms with van der Waals surface area (Å²) in [5.41, 5.74) is 3.03. The molecule has 3 rings (SSSR count). The normalized spacial score (nSPS) is 13.0. The van der Waals surface area contributed by atoms with Crippen LogP contribution < -0.4 is 10.1 Å². The molecule has 1 atom stereocenters. The van der Waals surface area contributed by atoms with Crippen LogP contribution in [0, 0.1) is 25.6 Å². The predicted octanol–water partition coefficient (Wildman–Crippen LogP) is 8.26. The molecule has 2 aromatic heterocycles. The molecule has 0 aliphatic rings. The molecule has 2 N–H and O–H groups in total. The third-order valence-corrected chi connectivity index (χ3v) is 7.40. The van der Waals surface area contributed by atoms with Gasteiger partial charge in [0.1, 0.15) is 16.6 Å². The summed E-state index contributed by atoms with van der Waals surface area (Å²) in [6.07, 6.45) is 12.0. The van der Waals surface area contributed by atoms with E-state index in [2.05, 4.69) is 53.4 Å². The molecule has 0 spiro atoms. The fourth-order valence-electron chi connectivity index (χ4n) is 4.07. The number of carbonyl (C=O) groups excluding carboxylic acids is 1. The molecule has 0 aliphatic carbocycles. The first-order valence-corrected chi connectivity index (χ1v) is 14.8. The Morgan fingerprint density at radius 2 is 1.90 bits per heavy atom. The third kappa shape index (κ3) is 9.99. The number of pyridine rings is 1. The van der Waals surface area contributed by atoms with Crippen LogP contribution in [0.3, 0.4) is 0 Å². The highest BCUT2D eigenvalue weighted by Gasteiger charge is 2.21. The minimum Gasteiger partial charge on any atom is -0.496 e. The molecule has 42 heavy (non-hydrogen) atoms. The van der Waals surface area contributed by atoms with E-state index in [1.165, 1.54) is 42.7 Å². The Bertz CT molecular complexity index is 1440. The van der Waals surface area contributed by atoms with Gasteiger partial charge >= 0.3 is 0 Å². The van der Waals surface area contributed by atoms with Gasteiger partial charge in [-0.3, -0.25) is 15.1 Å². The minimum absolute atomic E-state index is 0.217. The fourth-order valence-corrected chi connectivity index (χ4v) is 4.66. The molecule has 0 saturated heterocycles. The predicted molar refractivity (Wildman–Crippen MR) is 171 cm³/mol. The molecule has 7 nitrogen and oxygen atoms in total. The third-order valence-electron chi connectivity index (χ3n) is 6.64. The summed E-state index contributed by atoms with van der Waals surface area (Å²) in [6, 6.07) is 6.17. The number of halogens is 1. The average molecular weight is 595 g/mol. The molecule has 0 radical (unpaired) electrons. The number of nitrogens with zero attached hydrogens (tertiary/aromatic N) is 3. The molecule has 1 aromatic carbocycles. The van der Waals surface area contributed by atoms with Crippen molar-refractivity contribution in [1.29, 1.82) is 0 Å². The van der Waals surface area contributed by atoms with E-state index in [0.717, 1.165) is 17.0 Å². The first-order chi connectivity index (χ1) is 19.8. The number of ether oxygens (including phenoxy) is 1. The van der Waals surface area contributed by atoms with Gasteiger partial charge in [0, 0.05) is 17.5 Å². The van der Waals surface area contributed by atoms with Crippen LogP contribution in [0.5, 0.6) is 5.75 Å². The maximum absolute atomic E-state index is 14.5. The number of benzene rings is 1. The number of hydrogen-bond acceptors (Lipinski definition) is 7. The molecular formula is C33H43FN4O3S. The van der Waals surface area contributed by atoms with Crippen LogP contribution in [-0.2, 0) is 0 Å². The molecule has 226 valence electrons. The Labute approximate surface area is 253 Å². The molecule has 9 heteroatoms. The number of nitrogens with one attached hydrogen (secondary N) is 1. The number of amides is 1. The van der Waals surface area contributed by atoms with Gasteiger partial charge in [0.25, 0.3) is 5.91 Å². The largest absolute Gasteiger partial charge is 0.496 e. The Morgan fingerprint density at radius 3 is 2.45 bits per heavy atom. The van der Waals surface area contributed by atoms with Crippen molar-refractivity contribution in [2.45, 2.75) is 73.8 Å². The van der Waals surface area contributed by atoms with Crippen LogP contribution in [0.2, 0.25) is 0 Å². The van der Waals surface area contributed by atoms with Gasteiger partial charge < -0.3 is 9.84 Å². The molecule has 2 heterocycles. The summed E-state index contributed by atoms with van der Waals surface area (Å²) in [5.74, 6) is 0.128. The molecule has 1 amide bonds. The molecule has 0 bridgehead atoms. The monoisotopic (exact) mass is 594 g/mol. The van der Waals surface area contributed by atoms with Crippen LogP contribution in [0.1, 0.15) is 75.4 Å². The van der Waals surface area contributed by atoms with E-state index in [4.69, 9.17) is 4.74 Å². The van der Waals surface area contributed by atoms with Gasteiger partial charge in [0.2, 0.25) is 5.13 Å². The lowest BCUT2D eigenvalue weighted by molar-refractivity contribution is 0.102. The average Bonchev–Trinajstić information content (AvgIpc) is 3.35. The van der Waals surface area contributed by atoms with Gasteiger partial charge in [0.15, 0.2) is 0 Å². The Hall–Kier alpha value is -3.69. The molecule has 0 saturated carbocycles. The van der Waals surface area contributed by atoms with Crippen molar-refractivity contribution in [3.63, 3.8) is 0 Å². The summed E-state index contributed by atoms with van der Waals surface area (Å²) in [7, 11) is 1.45. The highest BCUT2D eigenvalue weighted by Crippen LogP contribution is 2.35. The lowest BCUT2D eigenvalue weighted by Gasteiger charge is -2.19. The van der Waals surface area contributed by atoms with Crippen molar-refractivity contribution in [2.24, 2.45) is 5.92 Å². The number of anilines is 1. The number of methoxy groups -OCH3 is 1.